The summed E-state index contributed by atoms with van der Waals surface area (Å²) in [6, 6.07) is 0. The van der Waals surface area contributed by atoms with Gasteiger partial charge in [0.25, 0.3) is 0 Å². The van der Waals surface area contributed by atoms with Gasteiger partial charge in [0.2, 0.25) is 0 Å². The average Bonchev–Trinajstić information content (AvgIpc) is 1.36. The molecule has 38 valence electrons. The summed E-state index contributed by atoms with van der Waals surface area (Å²) in [6.45, 7) is 0. The zero-order chi connectivity index (χ0) is 5.15. The van der Waals surface area contributed by atoms with E-state index in [-0.39, 0.29) is 0 Å². The van der Waals surface area contributed by atoms with Crippen molar-refractivity contribution in [3.05, 3.63) is 0 Å². The van der Waals surface area contributed by atoms with E-state index in [0.29, 0.717) is 0 Å². The first-order chi connectivity index (χ1) is 2.64. The zero-order valence-electron chi connectivity index (χ0n) is 2.53. The Kier molecular flexibility index (Phi) is 2.84. The van der Waals surface area contributed by atoms with Gasteiger partial charge >= 0.3 is 5.76 Å². The fourth-order valence-electron chi connectivity index (χ4n) is 0. The summed E-state index contributed by atoms with van der Waals surface area (Å²) in [4.78, 5) is 0. The van der Waals surface area contributed by atoms with Crippen LogP contribution in [0.25, 0.3) is 0 Å². The van der Waals surface area contributed by atoms with Gasteiger partial charge in [0.05, 0.1) is 0 Å². The minimum Gasteiger partial charge on any atom is -0.242 e. The molecule has 1 nitrogen and oxygen atoms in total. The summed E-state index contributed by atoms with van der Waals surface area (Å²) in [5.41, 5.74) is 0. The van der Waals surface area contributed by atoms with Crippen LogP contribution in [0.15, 0.2) is 0 Å². The number of alkyl halides is 2. The monoisotopic (exact) mass is 178 g/mol. The van der Waals surface area contributed by atoms with Crippen LogP contribution >= 0.6 is 14.8 Å². The van der Waals surface area contributed by atoms with E-state index in [1.54, 1.807) is 0 Å². The molecule has 0 amide bonds. The average molecular weight is 179 g/mol. The summed E-state index contributed by atoms with van der Waals surface area (Å²) in [7, 11) is -2.14. The van der Waals surface area contributed by atoms with Gasteiger partial charge in [-0.15, -0.1) is 0 Å². The van der Waals surface area contributed by atoms with Crippen molar-refractivity contribution in [2.45, 2.75) is 5.76 Å². The molecule has 0 N–H and O–H groups in total. The highest BCUT2D eigenvalue weighted by Crippen LogP contribution is 2.04. The molecule has 6 heavy (non-hydrogen) atoms. The van der Waals surface area contributed by atoms with Gasteiger partial charge in [-0.1, -0.05) is 0 Å². The molecule has 0 saturated carbocycles. The van der Waals surface area contributed by atoms with Crippen LogP contribution in [0.4, 0.5) is 8.78 Å². The van der Waals surface area contributed by atoms with Crippen molar-refractivity contribution in [1.29, 1.82) is 0 Å². The first kappa shape index (κ1) is 6.49. The Morgan fingerprint density at radius 2 is 1.83 bits per heavy atom. The summed E-state index contributed by atoms with van der Waals surface area (Å²) in [5.74, 6) is -2.76. The van der Waals surface area contributed by atoms with E-state index in [4.69, 9.17) is 0 Å². The van der Waals surface area contributed by atoms with Crippen molar-refractivity contribution in [2.24, 2.45) is 0 Å². The van der Waals surface area contributed by atoms with Crippen LogP contribution in [0.2, 0.25) is 0 Å². The quantitative estimate of drug-likeness (QED) is 0.554. The van der Waals surface area contributed by atoms with Crippen LogP contribution in [-0.4, -0.2) is 9.97 Å². The fourth-order valence-corrected chi connectivity index (χ4v) is 0. The summed E-state index contributed by atoms with van der Waals surface area (Å²) >= 11 is 2.16. The maximum absolute atomic E-state index is 10.8. The van der Waals surface area contributed by atoms with Gasteiger partial charge in [-0.2, -0.15) is 8.78 Å². The minimum absolute atomic E-state index is 2.14. The minimum atomic E-state index is -2.76. The standard InChI is InChI=1S/CHBrF2OS/c2-6(5)1(3)4/h1H. The van der Waals surface area contributed by atoms with Gasteiger partial charge in [0, 0.05) is 14.8 Å². The molecule has 5 heteroatoms. The SMILES string of the molecule is O=S(Br)C(F)F. The van der Waals surface area contributed by atoms with E-state index in [0.717, 1.165) is 0 Å². The highest BCUT2D eigenvalue weighted by Gasteiger charge is 2.06. The van der Waals surface area contributed by atoms with Crippen LogP contribution in [0.3, 0.4) is 0 Å². The molecule has 0 radical (unpaired) electrons. The van der Waals surface area contributed by atoms with Crippen molar-refractivity contribution in [3.8, 4) is 0 Å². The second kappa shape index (κ2) is 2.63. The third-order valence-corrected chi connectivity index (χ3v) is 1.27. The predicted molar refractivity (Wildman–Crippen MR) is 23.1 cm³/mol. The highest BCUT2D eigenvalue weighted by atomic mass is 79.9. The normalized spacial score (nSPS) is 15.3. The van der Waals surface area contributed by atoms with E-state index in [1.165, 1.54) is 0 Å². The first-order valence-corrected chi connectivity index (χ1v) is 4.05. The predicted octanol–water partition coefficient (Wildman–Crippen LogP) is 1.27. The van der Waals surface area contributed by atoms with Crippen molar-refractivity contribution >= 4 is 24.0 Å². The molecule has 0 aliphatic rings. The molecule has 0 aliphatic heterocycles. The smallest absolute Gasteiger partial charge is 0.242 e. The van der Waals surface area contributed by atoms with Gasteiger partial charge in [0.1, 0.15) is 0 Å². The van der Waals surface area contributed by atoms with Gasteiger partial charge in [-0.25, -0.2) is 4.21 Å². The van der Waals surface area contributed by atoms with E-state index in [2.05, 4.69) is 14.8 Å². The maximum atomic E-state index is 10.8. The van der Waals surface area contributed by atoms with E-state index in [9.17, 15) is 13.0 Å². The van der Waals surface area contributed by atoms with Gasteiger partial charge in [-0.3, -0.25) is 0 Å². The van der Waals surface area contributed by atoms with Crippen LogP contribution in [0, 0.1) is 0 Å². The number of halogens is 3. The topological polar surface area (TPSA) is 17.1 Å². The summed E-state index contributed by atoms with van der Waals surface area (Å²) < 4.78 is 31.0. The van der Waals surface area contributed by atoms with Crippen molar-refractivity contribution in [2.75, 3.05) is 0 Å². The number of hydrogen-bond acceptors (Lipinski definition) is 1. The van der Waals surface area contributed by atoms with Gasteiger partial charge < -0.3 is 0 Å². The molecule has 0 spiro atoms. The fraction of sp³-hybridized carbons (Fsp3) is 1.00. The molecular weight excluding hydrogens is 178 g/mol. The Bertz CT molecular complexity index is 64.6. The summed E-state index contributed by atoms with van der Waals surface area (Å²) in [6.07, 6.45) is 0. The van der Waals surface area contributed by atoms with Crippen LogP contribution in [0.1, 0.15) is 0 Å². The molecule has 0 fully saturated rings. The van der Waals surface area contributed by atoms with Gasteiger partial charge in [0.15, 0.2) is 9.23 Å². The number of hydrogen-bond donors (Lipinski definition) is 0. The lowest BCUT2D eigenvalue weighted by atomic mass is 11.7. The lowest BCUT2D eigenvalue weighted by molar-refractivity contribution is 0.247. The van der Waals surface area contributed by atoms with Crippen LogP contribution in [-0.2, 0) is 9.23 Å². The number of rotatable bonds is 1. The van der Waals surface area contributed by atoms with Crippen LogP contribution in [0.5, 0.6) is 0 Å². The molecule has 1 atom stereocenters. The second-order valence-corrected chi connectivity index (χ2v) is 3.28. The van der Waals surface area contributed by atoms with Gasteiger partial charge in [-0.05, 0) is 0 Å². The van der Waals surface area contributed by atoms with Crippen molar-refractivity contribution < 1.29 is 13.0 Å². The van der Waals surface area contributed by atoms with Crippen molar-refractivity contribution in [1.82, 2.24) is 0 Å². The Morgan fingerprint density at radius 1 is 1.67 bits per heavy atom. The van der Waals surface area contributed by atoms with E-state index in [1.807, 2.05) is 0 Å². The highest BCUT2D eigenvalue weighted by molar-refractivity contribution is 9.46. The molecule has 0 aliphatic carbocycles. The largest absolute Gasteiger partial charge is 0.321 e. The van der Waals surface area contributed by atoms with Crippen molar-refractivity contribution in [3.63, 3.8) is 0 Å². The Labute approximate surface area is 43.4 Å². The summed E-state index contributed by atoms with van der Waals surface area (Å²) in [5, 5.41) is 0. The molecule has 0 aromatic heterocycles. The van der Waals surface area contributed by atoms with Crippen LogP contribution < -0.4 is 0 Å². The molecule has 0 aromatic rings. The van der Waals surface area contributed by atoms with E-state index >= 15 is 0 Å². The Hall–Kier alpha value is 0.490. The Morgan fingerprint density at radius 3 is 1.83 bits per heavy atom. The molecule has 0 heterocycles. The lowest BCUT2D eigenvalue weighted by Crippen LogP contribution is -1.89. The lowest BCUT2D eigenvalue weighted by Gasteiger charge is -1.81. The zero-order valence-corrected chi connectivity index (χ0v) is 4.93. The van der Waals surface area contributed by atoms with E-state index < -0.39 is 15.0 Å². The molecular formula is CHBrF2OS. The molecule has 1 unspecified atom stereocenters. The first-order valence-electron chi connectivity index (χ1n) is 0.993. The maximum Gasteiger partial charge on any atom is 0.321 e. The molecule has 0 bridgehead atoms. The second-order valence-electron chi connectivity index (χ2n) is 0.509. The molecule has 0 saturated heterocycles. The Balaban J connectivity index is 3.26. The third-order valence-electron chi connectivity index (χ3n) is 0.140. The molecule has 0 aromatic carbocycles. The molecule has 0 rings (SSSR count). The third kappa shape index (κ3) is 2.71.